The maximum atomic E-state index is 12.6. The zero-order valence-corrected chi connectivity index (χ0v) is 34.0. The first-order valence-electron chi connectivity index (χ1n) is 20.5. The number of carboxylic acid groups (broad SMARTS) is 1. The number of phosphoric ester groups is 1. The average Bonchev–Trinajstić information content (AvgIpc) is 3.13. The Balaban J connectivity index is 4.44. The minimum atomic E-state index is -4.72. The van der Waals surface area contributed by atoms with Crippen LogP contribution in [0, 0.1) is 0 Å². The lowest BCUT2D eigenvalue weighted by atomic mass is 10.1. The van der Waals surface area contributed by atoms with Crippen LogP contribution < -0.4 is 5.73 Å². The lowest BCUT2D eigenvalue weighted by Crippen LogP contribution is -2.34. The molecule has 1 unspecified atom stereocenters. The molecule has 0 amide bonds. The molecule has 0 aliphatic heterocycles. The summed E-state index contributed by atoms with van der Waals surface area (Å²) in [6.07, 6.45) is 37.8. The van der Waals surface area contributed by atoms with Crippen molar-refractivity contribution in [2.24, 2.45) is 5.73 Å². The van der Waals surface area contributed by atoms with E-state index in [4.69, 9.17) is 24.8 Å². The van der Waals surface area contributed by atoms with Crippen molar-refractivity contribution in [1.29, 1.82) is 0 Å². The highest BCUT2D eigenvalue weighted by atomic mass is 31.2. The van der Waals surface area contributed by atoms with Crippen molar-refractivity contribution in [3.05, 3.63) is 36.5 Å². The summed E-state index contributed by atoms with van der Waals surface area (Å²) in [6, 6.07) is -1.52. The standard InChI is InChI=1S/C41H74NO10P/c1-3-5-7-9-11-13-15-17-19-21-22-24-26-28-30-32-39(43)49-34-37(35-50-53(47,48)51-36-38(42)41(45)46)52-40(44)33-31-29-27-25-23-20-18-16-14-12-10-8-6-4-2/h13,15-19,37-38H,3-12,14,20-36,42H2,1-2H3,(H,45,46)(H,47,48)/b15-13+,18-16+,19-17+/t37-,38+/m1/s1. The number of nitrogens with two attached hydrogens (primary N) is 1. The SMILES string of the molecule is CCCCCC/C=C/C=C/CCCCCCCC(=O)OC[C@H](COP(=O)(O)OC[C@H](N)C(=O)O)OC(=O)CCCCCCC/C=C/CCCCCCC. The number of hydrogen-bond donors (Lipinski definition) is 3. The third-order valence-corrected chi connectivity index (χ3v) is 9.59. The molecule has 0 saturated heterocycles. The van der Waals surface area contributed by atoms with Crippen LogP contribution in [-0.4, -0.2) is 59.9 Å². The zero-order chi connectivity index (χ0) is 39.3. The van der Waals surface area contributed by atoms with E-state index in [1.807, 2.05) is 0 Å². The number of carbonyl (C=O) groups is 3. The van der Waals surface area contributed by atoms with Crippen LogP contribution in [0.3, 0.4) is 0 Å². The van der Waals surface area contributed by atoms with Crippen LogP contribution >= 0.6 is 7.82 Å². The Morgan fingerprint density at radius 3 is 1.51 bits per heavy atom. The van der Waals surface area contributed by atoms with Crippen molar-refractivity contribution >= 4 is 25.7 Å². The second kappa shape index (κ2) is 36.7. The van der Waals surface area contributed by atoms with Crippen LogP contribution in [0.1, 0.15) is 174 Å². The molecular formula is C41H74NO10P. The molecule has 0 spiro atoms. The molecule has 0 aromatic rings. The van der Waals surface area contributed by atoms with Gasteiger partial charge in [0, 0.05) is 12.8 Å². The van der Waals surface area contributed by atoms with E-state index in [1.54, 1.807) is 0 Å². The minimum Gasteiger partial charge on any atom is -0.480 e. The number of aliphatic carboxylic acids is 1. The summed E-state index contributed by atoms with van der Waals surface area (Å²) in [7, 11) is -4.72. The van der Waals surface area contributed by atoms with E-state index in [2.05, 4.69) is 54.8 Å². The molecule has 0 saturated carbocycles. The Morgan fingerprint density at radius 2 is 1.00 bits per heavy atom. The fraction of sp³-hybridized carbons (Fsp3) is 0.780. The average molecular weight is 772 g/mol. The second-order valence-electron chi connectivity index (χ2n) is 13.8. The number of allylic oxidation sites excluding steroid dienone is 6. The molecule has 0 fully saturated rings. The van der Waals surface area contributed by atoms with Gasteiger partial charge in [-0.15, -0.1) is 0 Å². The highest BCUT2D eigenvalue weighted by Crippen LogP contribution is 2.43. The second-order valence-corrected chi connectivity index (χ2v) is 15.2. The summed E-state index contributed by atoms with van der Waals surface area (Å²) < 4.78 is 32.6. The van der Waals surface area contributed by atoms with Crippen LogP contribution in [0.15, 0.2) is 36.5 Å². The summed E-state index contributed by atoms with van der Waals surface area (Å²) in [4.78, 5) is 45.8. The van der Waals surface area contributed by atoms with Gasteiger partial charge < -0.3 is 25.2 Å². The monoisotopic (exact) mass is 772 g/mol. The molecule has 0 aromatic heterocycles. The van der Waals surface area contributed by atoms with Crippen LogP contribution in [0.5, 0.6) is 0 Å². The van der Waals surface area contributed by atoms with E-state index in [0.717, 1.165) is 77.0 Å². The lowest BCUT2D eigenvalue weighted by Gasteiger charge is -2.20. The molecule has 0 rings (SSSR count). The Hall–Kier alpha value is -2.30. The van der Waals surface area contributed by atoms with E-state index in [1.165, 1.54) is 57.8 Å². The fourth-order valence-corrected chi connectivity index (χ4v) is 6.12. The molecule has 0 radical (unpaired) electrons. The van der Waals surface area contributed by atoms with E-state index in [-0.39, 0.29) is 19.4 Å². The number of rotatable bonds is 38. The number of esters is 2. The topological polar surface area (TPSA) is 172 Å². The van der Waals surface area contributed by atoms with E-state index in [9.17, 15) is 23.8 Å². The Bertz CT molecular complexity index is 1050. The van der Waals surface area contributed by atoms with Crippen molar-refractivity contribution in [3.8, 4) is 0 Å². The summed E-state index contributed by atoms with van der Waals surface area (Å²) >= 11 is 0. The molecule has 0 aliphatic rings. The number of ether oxygens (including phenoxy) is 2. The van der Waals surface area contributed by atoms with E-state index in [0.29, 0.717) is 12.8 Å². The van der Waals surface area contributed by atoms with Crippen molar-refractivity contribution < 1.29 is 47.5 Å². The lowest BCUT2D eigenvalue weighted by molar-refractivity contribution is -0.161. The zero-order valence-electron chi connectivity index (χ0n) is 33.1. The molecule has 53 heavy (non-hydrogen) atoms. The third kappa shape index (κ3) is 36.4. The van der Waals surface area contributed by atoms with Gasteiger partial charge in [0.1, 0.15) is 12.6 Å². The van der Waals surface area contributed by atoms with Crippen molar-refractivity contribution in [3.63, 3.8) is 0 Å². The van der Waals surface area contributed by atoms with Crippen molar-refractivity contribution in [2.45, 2.75) is 187 Å². The van der Waals surface area contributed by atoms with Crippen molar-refractivity contribution in [2.75, 3.05) is 19.8 Å². The Morgan fingerprint density at radius 1 is 0.585 bits per heavy atom. The largest absolute Gasteiger partial charge is 0.480 e. The van der Waals surface area contributed by atoms with Gasteiger partial charge in [-0.2, -0.15) is 0 Å². The van der Waals surface area contributed by atoms with Gasteiger partial charge in [-0.05, 0) is 64.2 Å². The molecule has 0 bridgehead atoms. The molecule has 3 atom stereocenters. The molecule has 12 heteroatoms. The molecule has 11 nitrogen and oxygen atoms in total. The highest BCUT2D eigenvalue weighted by Gasteiger charge is 2.28. The Kier molecular flexibility index (Phi) is 35.1. The van der Waals surface area contributed by atoms with Crippen LogP contribution in [0.4, 0.5) is 0 Å². The first kappa shape index (κ1) is 50.7. The first-order valence-corrected chi connectivity index (χ1v) is 22.0. The van der Waals surface area contributed by atoms with Gasteiger partial charge in [0.25, 0.3) is 0 Å². The van der Waals surface area contributed by atoms with E-state index >= 15 is 0 Å². The number of unbranched alkanes of at least 4 members (excludes halogenated alkanes) is 19. The third-order valence-electron chi connectivity index (χ3n) is 8.64. The van der Waals surface area contributed by atoms with Crippen molar-refractivity contribution in [1.82, 2.24) is 0 Å². The number of carbonyl (C=O) groups excluding carboxylic acids is 2. The van der Waals surface area contributed by atoms with E-state index < -0.39 is 51.1 Å². The highest BCUT2D eigenvalue weighted by molar-refractivity contribution is 7.47. The van der Waals surface area contributed by atoms with Crippen LogP contribution in [0.2, 0.25) is 0 Å². The molecule has 0 heterocycles. The first-order chi connectivity index (χ1) is 25.6. The number of carboxylic acids is 1. The summed E-state index contributed by atoms with van der Waals surface area (Å²) in [6.45, 7) is 2.74. The van der Waals surface area contributed by atoms with Gasteiger partial charge in [-0.1, -0.05) is 134 Å². The predicted molar refractivity (Wildman–Crippen MR) is 212 cm³/mol. The number of phosphoric acid groups is 1. The summed E-state index contributed by atoms with van der Waals surface area (Å²) in [5, 5.41) is 8.87. The van der Waals surface area contributed by atoms with Gasteiger partial charge in [0.2, 0.25) is 0 Å². The molecular weight excluding hydrogens is 697 g/mol. The quantitative estimate of drug-likeness (QED) is 0.0179. The Labute approximate surface area is 321 Å². The van der Waals surface area contributed by atoms with Gasteiger partial charge in [0.05, 0.1) is 13.2 Å². The molecule has 308 valence electrons. The fourth-order valence-electron chi connectivity index (χ4n) is 5.34. The molecule has 4 N–H and O–H groups in total. The minimum absolute atomic E-state index is 0.148. The summed E-state index contributed by atoms with van der Waals surface area (Å²) in [5.41, 5.74) is 5.32. The normalized spacial score (nSPS) is 14.2. The predicted octanol–water partition coefficient (Wildman–Crippen LogP) is 10.4. The van der Waals surface area contributed by atoms with Gasteiger partial charge in [-0.25, -0.2) is 4.57 Å². The molecule has 0 aromatic carbocycles. The summed E-state index contributed by atoms with van der Waals surface area (Å²) in [5.74, 6) is -2.41. The maximum absolute atomic E-state index is 12.6. The van der Waals surface area contributed by atoms with Gasteiger partial charge in [0.15, 0.2) is 6.10 Å². The van der Waals surface area contributed by atoms with Gasteiger partial charge in [-0.3, -0.25) is 23.4 Å². The van der Waals surface area contributed by atoms with Gasteiger partial charge >= 0.3 is 25.7 Å². The maximum Gasteiger partial charge on any atom is 0.472 e. The number of hydrogen-bond acceptors (Lipinski definition) is 9. The van der Waals surface area contributed by atoms with Crippen LogP contribution in [-0.2, 0) is 37.5 Å². The molecule has 0 aliphatic carbocycles. The smallest absolute Gasteiger partial charge is 0.472 e. The van der Waals surface area contributed by atoms with Crippen LogP contribution in [0.25, 0.3) is 0 Å².